The molecule has 1 aromatic rings. The van der Waals surface area contributed by atoms with Crippen molar-refractivity contribution >= 4 is 0 Å². The van der Waals surface area contributed by atoms with Crippen molar-refractivity contribution in [3.63, 3.8) is 0 Å². The predicted molar refractivity (Wildman–Crippen MR) is 80.1 cm³/mol. The third-order valence-corrected chi connectivity index (χ3v) is 4.15. The van der Waals surface area contributed by atoms with Crippen molar-refractivity contribution < 1.29 is 4.39 Å². The van der Waals surface area contributed by atoms with Gasteiger partial charge in [-0.2, -0.15) is 0 Å². The van der Waals surface area contributed by atoms with Gasteiger partial charge in [0.15, 0.2) is 0 Å². The molecule has 0 saturated heterocycles. The summed E-state index contributed by atoms with van der Waals surface area (Å²) in [7, 11) is 2.19. The Balaban J connectivity index is 1.83. The van der Waals surface area contributed by atoms with Gasteiger partial charge in [0, 0.05) is 6.54 Å². The highest BCUT2D eigenvalue weighted by molar-refractivity contribution is 5.09. The lowest BCUT2D eigenvalue weighted by Crippen LogP contribution is -2.32. The largest absolute Gasteiger partial charge is 0.309 e. The van der Waals surface area contributed by atoms with Crippen molar-refractivity contribution in [3.8, 4) is 0 Å². The number of aromatic nitrogens is 1. The van der Waals surface area contributed by atoms with Crippen molar-refractivity contribution in [2.24, 2.45) is 5.92 Å². The molecule has 2 rings (SSSR count). The van der Waals surface area contributed by atoms with Crippen LogP contribution in [0.25, 0.3) is 0 Å². The zero-order valence-corrected chi connectivity index (χ0v) is 12.6. The van der Waals surface area contributed by atoms with Gasteiger partial charge in [0.1, 0.15) is 5.82 Å². The molecule has 0 aromatic carbocycles. The molecule has 0 spiro atoms. The van der Waals surface area contributed by atoms with Crippen LogP contribution in [-0.4, -0.2) is 36.6 Å². The van der Waals surface area contributed by atoms with Gasteiger partial charge in [0.2, 0.25) is 0 Å². The normalized spacial score (nSPS) is 17.2. The molecule has 1 aliphatic rings. The average Bonchev–Trinajstić information content (AvgIpc) is 2.40. The summed E-state index contributed by atoms with van der Waals surface area (Å²) in [6, 6.07) is 3.49. The first-order chi connectivity index (χ1) is 9.69. The zero-order valence-electron chi connectivity index (χ0n) is 12.6. The first-order valence-corrected chi connectivity index (χ1v) is 7.72. The summed E-state index contributed by atoms with van der Waals surface area (Å²) < 4.78 is 12.9. The van der Waals surface area contributed by atoms with Crippen molar-refractivity contribution in [2.45, 2.75) is 38.6 Å². The van der Waals surface area contributed by atoms with Gasteiger partial charge in [0.25, 0.3) is 0 Å². The molecule has 1 fully saturated rings. The van der Waals surface area contributed by atoms with E-state index in [2.05, 4.69) is 29.2 Å². The maximum absolute atomic E-state index is 12.9. The Morgan fingerprint density at radius 3 is 2.80 bits per heavy atom. The van der Waals surface area contributed by atoms with Gasteiger partial charge in [-0.25, -0.2) is 4.39 Å². The molecule has 112 valence electrons. The molecule has 0 amide bonds. The van der Waals surface area contributed by atoms with Crippen LogP contribution < -0.4 is 5.32 Å². The minimum Gasteiger partial charge on any atom is -0.309 e. The molecule has 1 unspecified atom stereocenters. The topological polar surface area (TPSA) is 28.2 Å². The summed E-state index contributed by atoms with van der Waals surface area (Å²) in [5, 5.41) is 3.44. The van der Waals surface area contributed by atoms with Crippen LogP contribution in [0.1, 0.15) is 44.3 Å². The molecule has 1 heterocycles. The van der Waals surface area contributed by atoms with E-state index < -0.39 is 0 Å². The molecular weight excluding hydrogens is 253 g/mol. The number of pyridine rings is 1. The lowest BCUT2D eigenvalue weighted by Gasteiger charge is -2.31. The molecule has 0 radical (unpaired) electrons. The van der Waals surface area contributed by atoms with Crippen LogP contribution in [0.15, 0.2) is 18.3 Å². The average molecular weight is 279 g/mol. The number of nitrogens with one attached hydrogen (secondary N) is 1. The fraction of sp³-hybridized carbons (Fsp3) is 0.688. The van der Waals surface area contributed by atoms with Crippen LogP contribution in [-0.2, 0) is 0 Å². The fourth-order valence-electron chi connectivity index (χ4n) is 2.75. The van der Waals surface area contributed by atoms with Crippen molar-refractivity contribution in [2.75, 3.05) is 26.7 Å². The number of nitrogens with zero attached hydrogens (tertiary/aromatic N) is 2. The SMILES string of the molecule is CCNC(CCN(C)CC1CCC1)c1ccc(F)cn1. The Morgan fingerprint density at radius 2 is 2.25 bits per heavy atom. The second-order valence-corrected chi connectivity index (χ2v) is 5.86. The van der Waals surface area contributed by atoms with Crippen molar-refractivity contribution in [3.05, 3.63) is 29.8 Å². The highest BCUT2D eigenvalue weighted by atomic mass is 19.1. The molecule has 1 N–H and O–H groups in total. The van der Waals surface area contributed by atoms with Gasteiger partial charge in [-0.15, -0.1) is 0 Å². The van der Waals surface area contributed by atoms with Crippen LogP contribution in [0, 0.1) is 11.7 Å². The Morgan fingerprint density at radius 1 is 1.45 bits per heavy atom. The van der Waals surface area contributed by atoms with Crippen LogP contribution in [0.2, 0.25) is 0 Å². The summed E-state index contributed by atoms with van der Waals surface area (Å²) in [4.78, 5) is 6.62. The van der Waals surface area contributed by atoms with Gasteiger partial charge < -0.3 is 10.2 Å². The quantitative estimate of drug-likeness (QED) is 0.793. The van der Waals surface area contributed by atoms with E-state index >= 15 is 0 Å². The Hall–Kier alpha value is -1.00. The number of halogens is 1. The van der Waals surface area contributed by atoms with E-state index in [9.17, 15) is 4.39 Å². The second kappa shape index (κ2) is 7.70. The van der Waals surface area contributed by atoms with Gasteiger partial charge >= 0.3 is 0 Å². The van der Waals surface area contributed by atoms with Gasteiger partial charge in [0.05, 0.1) is 17.9 Å². The van der Waals surface area contributed by atoms with Crippen molar-refractivity contribution in [1.82, 2.24) is 15.2 Å². The van der Waals surface area contributed by atoms with Crippen LogP contribution in [0.4, 0.5) is 4.39 Å². The minimum atomic E-state index is -0.272. The standard InChI is InChI=1S/C16H26FN3/c1-3-18-16(15-8-7-14(17)11-19-15)9-10-20(2)12-13-5-4-6-13/h7-8,11,13,16,18H,3-6,9-10,12H2,1-2H3. The highest BCUT2D eigenvalue weighted by Crippen LogP contribution is 2.27. The zero-order chi connectivity index (χ0) is 14.4. The molecule has 3 nitrogen and oxygen atoms in total. The van der Waals surface area contributed by atoms with E-state index in [0.717, 1.165) is 31.1 Å². The molecule has 0 aliphatic heterocycles. The monoisotopic (exact) mass is 279 g/mol. The number of hydrogen-bond donors (Lipinski definition) is 1. The minimum absolute atomic E-state index is 0.212. The summed E-state index contributed by atoms with van der Waals surface area (Å²) in [5.41, 5.74) is 0.935. The first kappa shape index (κ1) is 15.4. The maximum Gasteiger partial charge on any atom is 0.141 e. The summed E-state index contributed by atoms with van der Waals surface area (Å²) >= 11 is 0. The smallest absolute Gasteiger partial charge is 0.141 e. The molecule has 4 heteroatoms. The van der Waals surface area contributed by atoms with Crippen LogP contribution in [0.5, 0.6) is 0 Å². The molecule has 1 aromatic heterocycles. The molecule has 1 atom stereocenters. The van der Waals surface area contributed by atoms with Crippen LogP contribution in [0.3, 0.4) is 0 Å². The molecule has 1 aliphatic carbocycles. The van der Waals surface area contributed by atoms with Gasteiger partial charge in [-0.05, 0) is 57.5 Å². The van der Waals surface area contributed by atoms with E-state index in [4.69, 9.17) is 0 Å². The third-order valence-electron chi connectivity index (χ3n) is 4.15. The molecule has 0 bridgehead atoms. The lowest BCUT2D eigenvalue weighted by molar-refractivity contribution is 0.199. The van der Waals surface area contributed by atoms with E-state index in [1.807, 2.05) is 0 Å². The lowest BCUT2D eigenvalue weighted by atomic mass is 9.85. The third kappa shape index (κ3) is 4.53. The predicted octanol–water partition coefficient (Wildman–Crippen LogP) is 2.99. The highest BCUT2D eigenvalue weighted by Gasteiger charge is 2.20. The molecule has 1 saturated carbocycles. The second-order valence-electron chi connectivity index (χ2n) is 5.86. The van der Waals surface area contributed by atoms with Crippen LogP contribution >= 0.6 is 0 Å². The molecular formula is C16H26FN3. The fourth-order valence-corrected chi connectivity index (χ4v) is 2.75. The Labute approximate surface area is 121 Å². The van der Waals surface area contributed by atoms with Gasteiger partial charge in [-0.3, -0.25) is 4.98 Å². The van der Waals surface area contributed by atoms with Crippen molar-refractivity contribution in [1.29, 1.82) is 0 Å². The maximum atomic E-state index is 12.9. The number of hydrogen-bond acceptors (Lipinski definition) is 3. The first-order valence-electron chi connectivity index (χ1n) is 7.72. The Bertz CT molecular complexity index is 389. The van der Waals surface area contributed by atoms with E-state index in [-0.39, 0.29) is 11.9 Å². The number of rotatable bonds is 8. The Kier molecular flexibility index (Phi) is 5.92. The summed E-state index contributed by atoms with van der Waals surface area (Å²) in [6.45, 7) is 5.24. The molecule has 20 heavy (non-hydrogen) atoms. The van der Waals surface area contributed by atoms with E-state index in [0.29, 0.717) is 0 Å². The van der Waals surface area contributed by atoms with Gasteiger partial charge in [-0.1, -0.05) is 13.3 Å². The van der Waals surface area contributed by atoms with E-state index in [1.54, 1.807) is 6.07 Å². The van der Waals surface area contributed by atoms with E-state index in [1.165, 1.54) is 38.1 Å². The summed E-state index contributed by atoms with van der Waals surface area (Å²) in [6.07, 6.45) is 6.49. The summed E-state index contributed by atoms with van der Waals surface area (Å²) in [5.74, 6) is 0.632.